The molecule has 1 amide bonds. The zero-order valence-electron chi connectivity index (χ0n) is 17.5. The van der Waals surface area contributed by atoms with Crippen molar-refractivity contribution in [3.8, 4) is 17.4 Å². The smallest absolute Gasteiger partial charge is 0.341 e. The SMILES string of the molecule is COC(=O)c1c(NC(=O)/C(C#N)=C/c2ccc(-c3c(Cl)cccc3Cl)o2)sc2c1CCCC2. The maximum Gasteiger partial charge on any atom is 0.341 e. The molecule has 0 atom stereocenters. The molecule has 0 saturated carbocycles. The lowest BCUT2D eigenvalue weighted by atomic mass is 9.95. The van der Waals surface area contributed by atoms with Crippen LogP contribution in [-0.4, -0.2) is 19.0 Å². The average Bonchev–Trinajstić information content (AvgIpc) is 3.41. The summed E-state index contributed by atoms with van der Waals surface area (Å²) in [6, 6.07) is 10.3. The van der Waals surface area contributed by atoms with Crippen molar-refractivity contribution in [2.75, 3.05) is 12.4 Å². The third-order valence-electron chi connectivity index (χ3n) is 5.28. The predicted octanol–water partition coefficient (Wildman–Crippen LogP) is 6.53. The molecule has 1 aromatic carbocycles. The molecule has 1 aliphatic carbocycles. The number of hydrogen-bond acceptors (Lipinski definition) is 6. The normalized spacial score (nSPS) is 13.2. The van der Waals surface area contributed by atoms with Crippen LogP contribution < -0.4 is 5.32 Å². The second-order valence-electron chi connectivity index (χ2n) is 7.33. The number of nitrogens with zero attached hydrogens (tertiary/aromatic N) is 1. The van der Waals surface area contributed by atoms with Crippen molar-refractivity contribution >= 4 is 57.5 Å². The number of thiophene rings is 1. The Hall–Kier alpha value is -3.05. The molecule has 1 N–H and O–H groups in total. The number of ether oxygens (including phenoxy) is 1. The zero-order valence-corrected chi connectivity index (χ0v) is 19.9. The van der Waals surface area contributed by atoms with E-state index in [0.717, 1.165) is 36.1 Å². The molecule has 0 aliphatic heterocycles. The molecule has 33 heavy (non-hydrogen) atoms. The van der Waals surface area contributed by atoms with Crippen LogP contribution in [0.1, 0.15) is 39.4 Å². The van der Waals surface area contributed by atoms with Gasteiger partial charge in [0, 0.05) is 11.0 Å². The van der Waals surface area contributed by atoms with Crippen LogP contribution in [0.25, 0.3) is 17.4 Å². The van der Waals surface area contributed by atoms with Crippen LogP contribution in [0.3, 0.4) is 0 Å². The van der Waals surface area contributed by atoms with Crippen LogP contribution in [0.15, 0.2) is 40.3 Å². The molecule has 0 unspecified atom stereocenters. The van der Waals surface area contributed by atoms with E-state index in [0.29, 0.717) is 31.9 Å². The summed E-state index contributed by atoms with van der Waals surface area (Å²) >= 11 is 13.8. The molecule has 0 radical (unpaired) electrons. The molecular weight excluding hydrogens is 483 g/mol. The van der Waals surface area contributed by atoms with Gasteiger partial charge in [0.05, 0.1) is 28.3 Å². The van der Waals surface area contributed by atoms with Crippen molar-refractivity contribution in [1.29, 1.82) is 5.26 Å². The summed E-state index contributed by atoms with van der Waals surface area (Å²) in [5, 5.41) is 13.5. The number of carbonyl (C=O) groups excluding carboxylic acids is 2. The first-order chi connectivity index (χ1) is 15.9. The number of aryl methyl sites for hydroxylation is 1. The molecule has 1 aliphatic rings. The minimum absolute atomic E-state index is 0.177. The van der Waals surface area contributed by atoms with Gasteiger partial charge in [-0.25, -0.2) is 4.79 Å². The molecule has 6 nitrogen and oxygen atoms in total. The highest BCUT2D eigenvalue weighted by atomic mass is 35.5. The molecule has 0 saturated heterocycles. The largest absolute Gasteiger partial charge is 0.465 e. The molecule has 0 bridgehead atoms. The van der Waals surface area contributed by atoms with Gasteiger partial charge in [0.2, 0.25) is 0 Å². The van der Waals surface area contributed by atoms with Crippen LogP contribution in [0.5, 0.6) is 0 Å². The lowest BCUT2D eigenvalue weighted by Gasteiger charge is -2.11. The molecule has 9 heteroatoms. The highest BCUT2D eigenvalue weighted by Crippen LogP contribution is 2.39. The molecular formula is C24H18Cl2N2O4S. The van der Waals surface area contributed by atoms with E-state index in [2.05, 4.69) is 5.32 Å². The number of esters is 1. The second-order valence-corrected chi connectivity index (χ2v) is 9.25. The molecule has 0 fully saturated rings. The van der Waals surface area contributed by atoms with Crippen LogP contribution in [0.4, 0.5) is 5.00 Å². The highest BCUT2D eigenvalue weighted by molar-refractivity contribution is 7.17. The minimum Gasteiger partial charge on any atom is -0.465 e. The molecule has 0 spiro atoms. The Morgan fingerprint density at radius 3 is 2.61 bits per heavy atom. The first kappa shape index (κ1) is 23.1. The number of carbonyl (C=O) groups is 2. The summed E-state index contributed by atoms with van der Waals surface area (Å²) < 4.78 is 10.7. The number of rotatable bonds is 5. The number of hydrogen-bond donors (Lipinski definition) is 1. The van der Waals surface area contributed by atoms with Crippen LogP contribution in [0.2, 0.25) is 10.0 Å². The van der Waals surface area contributed by atoms with Crippen molar-refractivity contribution in [3.63, 3.8) is 0 Å². The van der Waals surface area contributed by atoms with E-state index in [1.54, 1.807) is 30.3 Å². The minimum atomic E-state index is -0.644. The fourth-order valence-corrected chi connectivity index (χ4v) is 5.59. The van der Waals surface area contributed by atoms with E-state index < -0.39 is 11.9 Å². The van der Waals surface area contributed by atoms with Crippen LogP contribution in [0, 0.1) is 11.3 Å². The molecule has 2 heterocycles. The predicted molar refractivity (Wildman–Crippen MR) is 129 cm³/mol. The van der Waals surface area contributed by atoms with Crippen LogP contribution >= 0.6 is 34.5 Å². The molecule has 4 rings (SSSR count). The van der Waals surface area contributed by atoms with Gasteiger partial charge in [-0.3, -0.25) is 4.79 Å². The Labute approximate surface area is 204 Å². The summed E-state index contributed by atoms with van der Waals surface area (Å²) in [5.41, 5.74) is 1.64. The zero-order chi connectivity index (χ0) is 23.5. The number of halogens is 2. The number of anilines is 1. The second kappa shape index (κ2) is 9.84. The van der Waals surface area contributed by atoms with Gasteiger partial charge in [0.1, 0.15) is 28.2 Å². The number of nitrogens with one attached hydrogen (secondary N) is 1. The van der Waals surface area contributed by atoms with E-state index in [4.69, 9.17) is 32.4 Å². The Morgan fingerprint density at radius 1 is 1.18 bits per heavy atom. The van der Waals surface area contributed by atoms with Gasteiger partial charge >= 0.3 is 5.97 Å². The van der Waals surface area contributed by atoms with Gasteiger partial charge in [0.15, 0.2) is 0 Å². The van der Waals surface area contributed by atoms with Crippen molar-refractivity contribution in [2.24, 2.45) is 0 Å². The lowest BCUT2D eigenvalue weighted by molar-refractivity contribution is -0.112. The molecule has 3 aromatic rings. The Balaban J connectivity index is 1.62. The van der Waals surface area contributed by atoms with E-state index in [1.807, 2.05) is 6.07 Å². The number of methoxy groups -OCH3 is 1. The Kier molecular flexibility index (Phi) is 6.89. The standard InChI is InChI=1S/C24H18Cl2N2O4S/c1-31-24(30)20-15-5-2-3-8-19(15)33-23(20)28-22(29)13(12-27)11-14-9-10-18(32-14)21-16(25)6-4-7-17(21)26/h4,6-7,9-11H,2-3,5,8H2,1H3,(H,28,29)/b13-11+. The highest BCUT2D eigenvalue weighted by Gasteiger charge is 2.27. The molecule has 2 aromatic heterocycles. The number of fused-ring (bicyclic) bond motifs is 1. The van der Waals surface area contributed by atoms with E-state index in [1.165, 1.54) is 24.5 Å². The monoisotopic (exact) mass is 500 g/mol. The average molecular weight is 501 g/mol. The number of furan rings is 1. The summed E-state index contributed by atoms with van der Waals surface area (Å²) in [7, 11) is 1.31. The van der Waals surface area contributed by atoms with E-state index >= 15 is 0 Å². The fraction of sp³-hybridized carbons (Fsp3) is 0.208. The van der Waals surface area contributed by atoms with Crippen molar-refractivity contribution in [3.05, 3.63) is 67.7 Å². The Bertz CT molecular complexity index is 1300. The van der Waals surface area contributed by atoms with E-state index in [9.17, 15) is 14.9 Å². The first-order valence-electron chi connectivity index (χ1n) is 10.1. The van der Waals surface area contributed by atoms with Crippen molar-refractivity contribution in [2.45, 2.75) is 25.7 Å². The third-order valence-corrected chi connectivity index (χ3v) is 7.11. The summed E-state index contributed by atoms with van der Waals surface area (Å²) in [5.74, 6) is -0.450. The number of nitriles is 1. The third kappa shape index (κ3) is 4.69. The number of amides is 1. The topological polar surface area (TPSA) is 92.3 Å². The molecule has 168 valence electrons. The maximum absolute atomic E-state index is 12.9. The van der Waals surface area contributed by atoms with Crippen molar-refractivity contribution in [1.82, 2.24) is 0 Å². The van der Waals surface area contributed by atoms with Gasteiger partial charge in [-0.05, 0) is 55.5 Å². The summed E-state index contributed by atoms with van der Waals surface area (Å²) in [6.07, 6.45) is 4.93. The fourth-order valence-electron chi connectivity index (χ4n) is 3.73. The van der Waals surface area contributed by atoms with Gasteiger partial charge in [0.25, 0.3) is 5.91 Å². The maximum atomic E-state index is 12.9. The number of benzene rings is 1. The van der Waals surface area contributed by atoms with Gasteiger partial charge in [-0.15, -0.1) is 11.3 Å². The quantitative estimate of drug-likeness (QED) is 0.244. The summed E-state index contributed by atoms with van der Waals surface area (Å²) in [4.78, 5) is 26.3. The lowest BCUT2D eigenvalue weighted by Crippen LogP contribution is -2.16. The van der Waals surface area contributed by atoms with Gasteiger partial charge in [-0.1, -0.05) is 29.3 Å². The van der Waals surface area contributed by atoms with E-state index in [-0.39, 0.29) is 11.3 Å². The Morgan fingerprint density at radius 2 is 1.91 bits per heavy atom. The van der Waals surface area contributed by atoms with Gasteiger partial charge in [-0.2, -0.15) is 5.26 Å². The van der Waals surface area contributed by atoms with Crippen molar-refractivity contribution < 1.29 is 18.7 Å². The van der Waals surface area contributed by atoms with Gasteiger partial charge < -0.3 is 14.5 Å². The first-order valence-corrected chi connectivity index (χ1v) is 11.7. The summed E-state index contributed by atoms with van der Waals surface area (Å²) in [6.45, 7) is 0. The van der Waals surface area contributed by atoms with Crippen LogP contribution in [-0.2, 0) is 22.4 Å².